The monoisotopic (exact) mass is 437 g/mol. The van der Waals surface area contributed by atoms with Gasteiger partial charge in [0, 0.05) is 11.1 Å². The predicted octanol–water partition coefficient (Wildman–Crippen LogP) is 5.05. The van der Waals surface area contributed by atoms with Crippen LogP contribution in [-0.2, 0) is 4.79 Å². The molecule has 136 valence electrons. The maximum absolute atomic E-state index is 12.4. The van der Waals surface area contributed by atoms with Gasteiger partial charge in [-0.15, -0.1) is 0 Å². The van der Waals surface area contributed by atoms with Gasteiger partial charge in [-0.3, -0.25) is 0 Å². The molecule has 0 heterocycles. The lowest BCUT2D eigenvalue weighted by atomic mass is 10.2. The second-order valence-electron chi connectivity index (χ2n) is 5.42. The van der Waals surface area contributed by atoms with Crippen LogP contribution in [-0.4, -0.2) is 18.7 Å². The van der Waals surface area contributed by atoms with Gasteiger partial charge in [-0.2, -0.15) is 5.26 Å². The van der Waals surface area contributed by atoms with Crippen LogP contribution in [0.4, 0.5) is 0 Å². The van der Waals surface area contributed by atoms with Crippen molar-refractivity contribution in [2.24, 2.45) is 0 Å². The molecule has 0 saturated carbocycles. The molecular weight excluding hydrogens is 422 g/mol. The number of nitrogens with zero attached hydrogens (tertiary/aromatic N) is 1. The first-order valence-electron chi connectivity index (χ1n) is 7.86. The summed E-state index contributed by atoms with van der Waals surface area (Å²) < 4.78 is 17.1. The van der Waals surface area contributed by atoms with Crippen LogP contribution in [0, 0.1) is 18.3 Å². The van der Waals surface area contributed by atoms with Crippen LogP contribution >= 0.6 is 27.5 Å². The SMILES string of the molecule is CCOc1cc(C#N)cc(Br)c1OC(=O)C(C)Oc1ccc(Cl)cc1C. The molecule has 0 aliphatic heterocycles. The zero-order chi connectivity index (χ0) is 19.3. The van der Waals surface area contributed by atoms with Crippen molar-refractivity contribution in [3.63, 3.8) is 0 Å². The van der Waals surface area contributed by atoms with Gasteiger partial charge >= 0.3 is 5.97 Å². The van der Waals surface area contributed by atoms with Gasteiger partial charge in [-0.25, -0.2) is 4.79 Å². The van der Waals surface area contributed by atoms with Gasteiger partial charge in [0.1, 0.15) is 5.75 Å². The van der Waals surface area contributed by atoms with E-state index in [1.165, 1.54) is 6.07 Å². The van der Waals surface area contributed by atoms with E-state index in [4.69, 9.17) is 31.1 Å². The van der Waals surface area contributed by atoms with Gasteiger partial charge in [-0.05, 0) is 66.5 Å². The summed E-state index contributed by atoms with van der Waals surface area (Å²) in [5.74, 6) is 0.467. The minimum atomic E-state index is -0.855. The quantitative estimate of drug-likeness (QED) is 0.466. The van der Waals surface area contributed by atoms with Crippen LogP contribution in [0.25, 0.3) is 0 Å². The van der Waals surface area contributed by atoms with Crippen molar-refractivity contribution >= 4 is 33.5 Å². The number of aryl methyl sites for hydroxylation is 1. The van der Waals surface area contributed by atoms with Crippen LogP contribution in [0.3, 0.4) is 0 Å². The lowest BCUT2D eigenvalue weighted by Gasteiger charge is -2.17. The number of carbonyl (C=O) groups is 1. The Labute approximate surface area is 165 Å². The highest BCUT2D eigenvalue weighted by atomic mass is 79.9. The molecule has 1 unspecified atom stereocenters. The molecule has 26 heavy (non-hydrogen) atoms. The van der Waals surface area contributed by atoms with Gasteiger partial charge in [-0.1, -0.05) is 11.6 Å². The second-order valence-corrected chi connectivity index (χ2v) is 6.71. The summed E-state index contributed by atoms with van der Waals surface area (Å²) >= 11 is 9.23. The van der Waals surface area contributed by atoms with E-state index in [-0.39, 0.29) is 5.75 Å². The molecule has 7 heteroatoms. The summed E-state index contributed by atoms with van der Waals surface area (Å²) in [6.45, 7) is 5.59. The first-order valence-corrected chi connectivity index (χ1v) is 9.03. The van der Waals surface area contributed by atoms with Crippen molar-refractivity contribution in [3.05, 3.63) is 51.0 Å². The summed E-state index contributed by atoms with van der Waals surface area (Å²) in [6.07, 6.45) is -0.855. The Kier molecular flexibility index (Phi) is 6.90. The molecule has 0 aliphatic rings. The molecule has 0 spiro atoms. The maximum Gasteiger partial charge on any atom is 0.352 e. The molecule has 0 saturated heterocycles. The van der Waals surface area contributed by atoms with E-state index >= 15 is 0 Å². The number of benzene rings is 2. The molecule has 0 fully saturated rings. The minimum absolute atomic E-state index is 0.208. The van der Waals surface area contributed by atoms with E-state index in [1.54, 1.807) is 38.1 Å². The van der Waals surface area contributed by atoms with E-state index < -0.39 is 12.1 Å². The van der Waals surface area contributed by atoms with E-state index in [2.05, 4.69) is 15.9 Å². The van der Waals surface area contributed by atoms with Crippen molar-refractivity contribution in [1.82, 2.24) is 0 Å². The Morgan fingerprint density at radius 3 is 2.65 bits per heavy atom. The Morgan fingerprint density at radius 2 is 2.04 bits per heavy atom. The Hall–Kier alpha value is -2.23. The molecule has 2 aromatic carbocycles. The number of rotatable bonds is 6. The molecule has 2 rings (SSSR count). The first kappa shape index (κ1) is 20.1. The van der Waals surface area contributed by atoms with E-state index in [1.807, 2.05) is 13.0 Å². The summed E-state index contributed by atoms with van der Waals surface area (Å²) in [5, 5.41) is 9.65. The zero-order valence-corrected chi connectivity index (χ0v) is 16.8. The number of halogens is 2. The first-order chi connectivity index (χ1) is 12.3. The third kappa shape index (κ3) is 4.90. The lowest BCUT2D eigenvalue weighted by molar-refractivity contribution is -0.141. The van der Waals surface area contributed by atoms with Gasteiger partial charge in [0.15, 0.2) is 17.6 Å². The second kappa shape index (κ2) is 8.93. The van der Waals surface area contributed by atoms with E-state index in [9.17, 15) is 4.79 Å². The standard InChI is InChI=1S/C19H17BrClNO4/c1-4-24-17-9-13(10-22)8-15(20)18(17)26-19(23)12(3)25-16-6-5-14(21)7-11(16)2/h5-9,12H,4H2,1-3H3. The molecule has 0 aromatic heterocycles. The highest BCUT2D eigenvalue weighted by Gasteiger charge is 2.22. The van der Waals surface area contributed by atoms with Crippen LogP contribution < -0.4 is 14.2 Å². The molecule has 0 amide bonds. The number of hydrogen-bond acceptors (Lipinski definition) is 5. The Morgan fingerprint density at radius 1 is 1.31 bits per heavy atom. The van der Waals surface area contributed by atoms with E-state index in [0.29, 0.717) is 33.2 Å². The molecule has 2 aromatic rings. The summed E-state index contributed by atoms with van der Waals surface area (Å²) in [5.41, 5.74) is 1.20. The predicted molar refractivity (Wildman–Crippen MR) is 102 cm³/mol. The molecule has 0 bridgehead atoms. The van der Waals surface area contributed by atoms with Gasteiger partial charge in [0.05, 0.1) is 22.7 Å². The minimum Gasteiger partial charge on any atom is -0.490 e. The zero-order valence-electron chi connectivity index (χ0n) is 14.5. The fourth-order valence-electron chi connectivity index (χ4n) is 2.16. The van der Waals surface area contributed by atoms with Crippen molar-refractivity contribution < 1.29 is 19.0 Å². The number of hydrogen-bond donors (Lipinski definition) is 0. The normalized spacial score (nSPS) is 11.4. The van der Waals surface area contributed by atoms with Crippen LogP contribution in [0.5, 0.6) is 17.2 Å². The van der Waals surface area contributed by atoms with Crippen molar-refractivity contribution in [3.8, 4) is 23.3 Å². The summed E-state index contributed by atoms with van der Waals surface area (Å²) in [7, 11) is 0. The van der Waals surface area contributed by atoms with Crippen molar-refractivity contribution in [2.75, 3.05) is 6.61 Å². The smallest absolute Gasteiger partial charge is 0.352 e. The van der Waals surface area contributed by atoms with Gasteiger partial charge in [0.2, 0.25) is 0 Å². The third-order valence-corrected chi connectivity index (χ3v) is 4.24. The molecule has 0 radical (unpaired) electrons. The molecule has 0 aliphatic carbocycles. The fraction of sp³-hybridized carbons (Fsp3) is 0.263. The molecule has 1 atom stereocenters. The Balaban J connectivity index is 2.19. The molecular formula is C19H17BrClNO4. The average molecular weight is 439 g/mol. The van der Waals surface area contributed by atoms with Gasteiger partial charge in [0.25, 0.3) is 0 Å². The van der Waals surface area contributed by atoms with Crippen molar-refractivity contribution in [1.29, 1.82) is 5.26 Å². The molecule has 0 N–H and O–H groups in total. The van der Waals surface area contributed by atoms with Crippen LogP contribution in [0.15, 0.2) is 34.8 Å². The highest BCUT2D eigenvalue weighted by molar-refractivity contribution is 9.10. The highest BCUT2D eigenvalue weighted by Crippen LogP contribution is 2.37. The maximum atomic E-state index is 12.4. The molecule has 5 nitrogen and oxygen atoms in total. The number of nitriles is 1. The lowest BCUT2D eigenvalue weighted by Crippen LogP contribution is -2.29. The van der Waals surface area contributed by atoms with Crippen molar-refractivity contribution in [2.45, 2.75) is 26.9 Å². The van der Waals surface area contributed by atoms with E-state index in [0.717, 1.165) is 5.56 Å². The topological polar surface area (TPSA) is 68.5 Å². The van der Waals surface area contributed by atoms with Crippen LogP contribution in [0.1, 0.15) is 25.0 Å². The third-order valence-electron chi connectivity index (χ3n) is 3.41. The largest absolute Gasteiger partial charge is 0.490 e. The summed E-state index contributed by atoms with van der Waals surface area (Å²) in [4.78, 5) is 12.4. The summed E-state index contributed by atoms with van der Waals surface area (Å²) in [6, 6.07) is 10.2. The number of carbonyl (C=O) groups excluding carboxylic acids is 1. The van der Waals surface area contributed by atoms with Crippen LogP contribution in [0.2, 0.25) is 5.02 Å². The number of ether oxygens (including phenoxy) is 3. The Bertz CT molecular complexity index is 863. The fourth-order valence-corrected chi connectivity index (χ4v) is 2.91. The van der Waals surface area contributed by atoms with Gasteiger partial charge < -0.3 is 14.2 Å². The average Bonchev–Trinajstić information content (AvgIpc) is 2.59. The number of esters is 1.